The number of aliphatic hydroxyl groups is 1. The minimum absolute atomic E-state index is 0.0584. The average molecular weight is 796 g/mol. The molecule has 0 saturated heterocycles. The fraction of sp³-hybridized carbons (Fsp3) is 0.958. The zero-order valence-corrected chi connectivity index (χ0v) is 37.9. The van der Waals surface area contributed by atoms with Crippen molar-refractivity contribution < 1.29 is 24.2 Å². The summed E-state index contributed by atoms with van der Waals surface area (Å²) in [6.07, 6.45) is 38.6. The van der Waals surface area contributed by atoms with Crippen LogP contribution in [0.2, 0.25) is 0 Å². The Hall–Kier alpha value is -0.790. The summed E-state index contributed by atoms with van der Waals surface area (Å²) in [5.74, 6) is 2.43. The lowest BCUT2D eigenvalue weighted by atomic mass is 9.94. The Bertz CT molecular complexity index is 850. The van der Waals surface area contributed by atoms with Crippen LogP contribution < -0.4 is 0 Å². The molecule has 7 heteroatoms. The van der Waals surface area contributed by atoms with E-state index in [1.165, 1.54) is 135 Å². The zero-order chi connectivity index (χ0) is 40.0. The molecule has 1 N–H and O–H groups in total. The third kappa shape index (κ3) is 30.0. The van der Waals surface area contributed by atoms with Crippen LogP contribution in [0.25, 0.3) is 0 Å². The van der Waals surface area contributed by atoms with Crippen LogP contribution in [0.5, 0.6) is 0 Å². The number of thioether (sulfide) groups is 1. The Morgan fingerprint density at radius 1 is 0.636 bits per heavy atom. The third-order valence-corrected chi connectivity index (χ3v) is 13.3. The molecule has 0 heterocycles. The molecule has 0 radical (unpaired) electrons. The molecule has 1 aliphatic carbocycles. The standard InChI is InChI=1S/C48H93NO5S/c1-5-8-11-14-15-21-32-43(31-20-12-9-6-2)47(51)53-40-29-18-24-35-45(49(4)38-27-28-39-50)36-25-19-30-41-55-42-46(37-26-13-10-7-3)54-48(52)44-33-22-16-17-23-34-44/h43-46,50H,5-42H2,1-4H3. The molecule has 0 bridgehead atoms. The fourth-order valence-electron chi connectivity index (χ4n) is 8.28. The molecular formula is C48H93NO5S. The molecule has 1 fully saturated rings. The van der Waals surface area contributed by atoms with Gasteiger partial charge in [-0.1, -0.05) is 156 Å². The number of nitrogens with zero attached hydrogens (tertiary/aromatic N) is 1. The van der Waals surface area contributed by atoms with Gasteiger partial charge in [-0.2, -0.15) is 11.8 Å². The minimum atomic E-state index is 0.0584. The van der Waals surface area contributed by atoms with E-state index in [4.69, 9.17) is 9.47 Å². The summed E-state index contributed by atoms with van der Waals surface area (Å²) in [6.45, 7) is 8.63. The second kappa shape index (κ2) is 38.7. The van der Waals surface area contributed by atoms with Crippen LogP contribution in [0.4, 0.5) is 0 Å². The minimum Gasteiger partial charge on any atom is -0.465 e. The molecule has 3 atom stereocenters. The Morgan fingerprint density at radius 3 is 1.78 bits per heavy atom. The quantitative estimate of drug-likeness (QED) is 0.0377. The lowest BCUT2D eigenvalue weighted by Crippen LogP contribution is -2.32. The SMILES string of the molecule is CCCCCCCCC(CCCCCC)C(=O)OCCCCCC(CCCCCSCC(CCCCCC)OC(=O)C1CCCCCC1)N(C)CCCCO. The molecule has 3 unspecified atom stereocenters. The molecule has 0 aromatic carbocycles. The predicted molar refractivity (Wildman–Crippen MR) is 238 cm³/mol. The Balaban J connectivity index is 2.44. The van der Waals surface area contributed by atoms with Crippen LogP contribution in [0.3, 0.4) is 0 Å². The number of aliphatic hydroxyl groups excluding tert-OH is 1. The summed E-state index contributed by atoms with van der Waals surface area (Å²) in [5.41, 5.74) is 0. The normalized spacial score (nSPS) is 15.5. The van der Waals surface area contributed by atoms with Gasteiger partial charge in [-0.3, -0.25) is 9.59 Å². The van der Waals surface area contributed by atoms with Crippen molar-refractivity contribution >= 4 is 23.7 Å². The highest BCUT2D eigenvalue weighted by atomic mass is 32.2. The van der Waals surface area contributed by atoms with Crippen molar-refractivity contribution in [3.63, 3.8) is 0 Å². The summed E-state index contributed by atoms with van der Waals surface area (Å²) in [7, 11) is 2.27. The summed E-state index contributed by atoms with van der Waals surface area (Å²) >= 11 is 1.99. The number of hydrogen-bond acceptors (Lipinski definition) is 7. The van der Waals surface area contributed by atoms with Crippen molar-refractivity contribution in [1.29, 1.82) is 0 Å². The first kappa shape index (κ1) is 52.2. The van der Waals surface area contributed by atoms with E-state index in [9.17, 15) is 14.7 Å². The highest BCUT2D eigenvalue weighted by Gasteiger charge is 2.25. The molecule has 1 rings (SSSR count). The van der Waals surface area contributed by atoms with E-state index in [-0.39, 0.29) is 36.5 Å². The van der Waals surface area contributed by atoms with Gasteiger partial charge in [-0.05, 0) is 96.4 Å². The monoisotopic (exact) mass is 796 g/mol. The summed E-state index contributed by atoms with van der Waals surface area (Å²) in [6, 6.07) is 0.564. The predicted octanol–water partition coefficient (Wildman–Crippen LogP) is 13.6. The first-order valence-electron chi connectivity index (χ1n) is 24.2. The van der Waals surface area contributed by atoms with E-state index in [2.05, 4.69) is 32.7 Å². The van der Waals surface area contributed by atoms with Gasteiger partial charge in [0.1, 0.15) is 6.10 Å². The molecule has 0 spiro atoms. The van der Waals surface area contributed by atoms with E-state index >= 15 is 0 Å². The second-order valence-electron chi connectivity index (χ2n) is 17.2. The van der Waals surface area contributed by atoms with Crippen molar-refractivity contribution in [2.75, 3.05) is 38.3 Å². The van der Waals surface area contributed by atoms with Crippen LogP contribution in [-0.2, 0) is 19.1 Å². The van der Waals surface area contributed by atoms with Crippen LogP contribution >= 0.6 is 11.8 Å². The third-order valence-electron chi connectivity index (χ3n) is 12.1. The van der Waals surface area contributed by atoms with Crippen LogP contribution in [0, 0.1) is 11.8 Å². The van der Waals surface area contributed by atoms with E-state index in [0.29, 0.717) is 12.6 Å². The Labute approximate surface area is 346 Å². The van der Waals surface area contributed by atoms with Crippen molar-refractivity contribution in [2.24, 2.45) is 11.8 Å². The van der Waals surface area contributed by atoms with Gasteiger partial charge in [0, 0.05) is 18.4 Å². The lowest BCUT2D eigenvalue weighted by Gasteiger charge is -2.28. The topological polar surface area (TPSA) is 76.1 Å². The van der Waals surface area contributed by atoms with Crippen LogP contribution in [0.15, 0.2) is 0 Å². The van der Waals surface area contributed by atoms with Gasteiger partial charge < -0.3 is 19.5 Å². The molecule has 6 nitrogen and oxygen atoms in total. The number of rotatable bonds is 39. The first-order chi connectivity index (χ1) is 27.0. The van der Waals surface area contributed by atoms with Gasteiger partial charge in [0.15, 0.2) is 0 Å². The van der Waals surface area contributed by atoms with Crippen LogP contribution in [-0.4, -0.2) is 72.4 Å². The maximum absolute atomic E-state index is 13.1. The maximum atomic E-state index is 13.1. The van der Waals surface area contributed by atoms with E-state index in [1.807, 2.05) is 11.8 Å². The molecule has 0 aliphatic heterocycles. The molecule has 326 valence electrons. The van der Waals surface area contributed by atoms with Crippen molar-refractivity contribution in [3.05, 3.63) is 0 Å². The van der Waals surface area contributed by atoms with E-state index < -0.39 is 0 Å². The molecule has 55 heavy (non-hydrogen) atoms. The highest BCUT2D eigenvalue weighted by molar-refractivity contribution is 7.99. The largest absolute Gasteiger partial charge is 0.465 e. The summed E-state index contributed by atoms with van der Waals surface area (Å²) in [4.78, 5) is 28.7. The average Bonchev–Trinajstić information content (AvgIpc) is 3.48. The molecule has 1 aliphatic rings. The summed E-state index contributed by atoms with van der Waals surface area (Å²) in [5, 5.41) is 9.34. The molecule has 0 amide bonds. The molecular weight excluding hydrogens is 703 g/mol. The number of esters is 2. The Kier molecular flexibility index (Phi) is 36.8. The second-order valence-corrected chi connectivity index (χ2v) is 18.4. The van der Waals surface area contributed by atoms with Crippen molar-refractivity contribution in [2.45, 2.75) is 245 Å². The molecule has 1 saturated carbocycles. The van der Waals surface area contributed by atoms with Gasteiger partial charge in [0.2, 0.25) is 0 Å². The lowest BCUT2D eigenvalue weighted by molar-refractivity contribution is -0.154. The number of carbonyl (C=O) groups is 2. The first-order valence-corrected chi connectivity index (χ1v) is 25.4. The van der Waals surface area contributed by atoms with Gasteiger partial charge in [0.05, 0.1) is 18.4 Å². The van der Waals surface area contributed by atoms with Crippen molar-refractivity contribution in [3.8, 4) is 0 Å². The fourth-order valence-corrected chi connectivity index (χ4v) is 9.36. The van der Waals surface area contributed by atoms with E-state index in [0.717, 1.165) is 95.1 Å². The zero-order valence-electron chi connectivity index (χ0n) is 37.1. The number of carbonyl (C=O) groups excluding carboxylic acids is 2. The van der Waals surface area contributed by atoms with Crippen molar-refractivity contribution in [1.82, 2.24) is 4.90 Å². The van der Waals surface area contributed by atoms with Gasteiger partial charge in [-0.25, -0.2) is 0 Å². The smallest absolute Gasteiger partial charge is 0.309 e. The molecule has 0 aromatic rings. The maximum Gasteiger partial charge on any atom is 0.309 e. The number of unbranched alkanes of at least 4 members (excludes halogenated alkanes) is 16. The number of hydrogen-bond donors (Lipinski definition) is 1. The Morgan fingerprint density at radius 2 is 1.16 bits per heavy atom. The van der Waals surface area contributed by atoms with Gasteiger partial charge in [0.25, 0.3) is 0 Å². The van der Waals surface area contributed by atoms with Gasteiger partial charge >= 0.3 is 11.9 Å². The van der Waals surface area contributed by atoms with Gasteiger partial charge in [-0.15, -0.1) is 0 Å². The molecule has 0 aromatic heterocycles. The van der Waals surface area contributed by atoms with E-state index in [1.54, 1.807) is 0 Å². The van der Waals surface area contributed by atoms with Crippen LogP contribution in [0.1, 0.15) is 233 Å². The number of ether oxygens (including phenoxy) is 2. The summed E-state index contributed by atoms with van der Waals surface area (Å²) < 4.78 is 12.1. The highest BCUT2D eigenvalue weighted by Crippen LogP contribution is 2.26.